The fourth-order valence-electron chi connectivity index (χ4n) is 2.09. The number of ether oxygens (including phenoxy) is 1. The van der Waals surface area contributed by atoms with Crippen LogP contribution in [0.15, 0.2) is 12.1 Å². The van der Waals surface area contributed by atoms with Crippen molar-refractivity contribution in [3.05, 3.63) is 22.7 Å². The molecule has 21 heavy (non-hydrogen) atoms. The molecule has 0 bridgehead atoms. The van der Waals surface area contributed by atoms with Crippen LogP contribution in [-0.2, 0) is 14.3 Å². The summed E-state index contributed by atoms with van der Waals surface area (Å²) in [7, 11) is 2.62. The zero-order valence-electron chi connectivity index (χ0n) is 11.5. The van der Waals surface area contributed by atoms with Gasteiger partial charge in [-0.1, -0.05) is 11.6 Å². The van der Waals surface area contributed by atoms with E-state index in [2.05, 4.69) is 10.1 Å². The lowest BCUT2D eigenvalue weighted by atomic mass is 10.1. The van der Waals surface area contributed by atoms with Crippen molar-refractivity contribution < 1.29 is 19.1 Å². The number of nitrogens with two attached hydrogens (primary N) is 1. The second-order valence-corrected chi connectivity index (χ2v) is 5.02. The summed E-state index contributed by atoms with van der Waals surface area (Å²) in [6, 6.07) is 2.07. The van der Waals surface area contributed by atoms with Gasteiger partial charge >= 0.3 is 5.97 Å². The van der Waals surface area contributed by atoms with Gasteiger partial charge in [-0.2, -0.15) is 0 Å². The summed E-state index contributed by atoms with van der Waals surface area (Å²) in [6.07, 6.45) is -0.00332. The Bertz CT molecular complexity index is 632. The molecule has 0 spiro atoms. The molecule has 112 valence electrons. The molecule has 0 saturated carbocycles. The van der Waals surface area contributed by atoms with Crippen LogP contribution in [0.3, 0.4) is 0 Å². The number of imide groups is 1. The average Bonchev–Trinajstić information content (AvgIpc) is 2.68. The number of esters is 1. The third-order valence-electron chi connectivity index (χ3n) is 3.22. The normalized spacial score (nSPS) is 18.0. The summed E-state index contributed by atoms with van der Waals surface area (Å²) in [5, 5.41) is 3.00. The topological polar surface area (TPSA) is 102 Å². The van der Waals surface area contributed by atoms with Crippen LogP contribution < -0.4 is 11.1 Å². The molecule has 1 aliphatic heterocycles. The minimum Gasteiger partial charge on any atom is -0.465 e. The summed E-state index contributed by atoms with van der Waals surface area (Å²) >= 11 is 6.07. The predicted molar refractivity (Wildman–Crippen MR) is 77.0 cm³/mol. The molecule has 0 aliphatic carbocycles. The molecule has 1 atom stereocenters. The zero-order chi connectivity index (χ0) is 15.7. The highest BCUT2D eigenvalue weighted by molar-refractivity contribution is 6.34. The average molecular weight is 312 g/mol. The molecular weight excluding hydrogens is 298 g/mol. The fraction of sp³-hybridized carbons (Fsp3) is 0.308. The van der Waals surface area contributed by atoms with Gasteiger partial charge in [0.1, 0.15) is 6.04 Å². The van der Waals surface area contributed by atoms with Crippen LogP contribution in [-0.4, -0.2) is 42.9 Å². The second-order valence-electron chi connectivity index (χ2n) is 4.61. The van der Waals surface area contributed by atoms with E-state index in [9.17, 15) is 14.4 Å². The molecule has 1 unspecified atom stereocenters. The summed E-state index contributed by atoms with van der Waals surface area (Å²) in [5.41, 5.74) is 6.27. The highest BCUT2D eigenvalue weighted by atomic mass is 35.5. The molecule has 0 aromatic heterocycles. The Morgan fingerprint density at radius 1 is 1.48 bits per heavy atom. The van der Waals surface area contributed by atoms with E-state index in [0.29, 0.717) is 0 Å². The van der Waals surface area contributed by atoms with Crippen molar-refractivity contribution in [2.24, 2.45) is 0 Å². The number of methoxy groups -OCH3 is 1. The van der Waals surface area contributed by atoms with E-state index in [0.717, 1.165) is 4.90 Å². The van der Waals surface area contributed by atoms with E-state index in [1.165, 1.54) is 26.3 Å². The predicted octanol–water partition coefficient (Wildman–Crippen LogP) is 0.878. The van der Waals surface area contributed by atoms with Crippen LogP contribution in [0.25, 0.3) is 0 Å². The van der Waals surface area contributed by atoms with Gasteiger partial charge in [-0.05, 0) is 12.1 Å². The first-order valence-corrected chi connectivity index (χ1v) is 6.47. The Morgan fingerprint density at radius 3 is 2.67 bits per heavy atom. The number of likely N-dealkylation sites (N-methyl/N-ethyl adjacent to an activating group) is 1. The minimum atomic E-state index is -0.771. The second kappa shape index (κ2) is 5.61. The van der Waals surface area contributed by atoms with E-state index >= 15 is 0 Å². The maximum Gasteiger partial charge on any atom is 0.340 e. The smallest absolute Gasteiger partial charge is 0.340 e. The standard InChI is InChI=1S/C13H14ClN3O4/c1-17-10(18)5-9(12(17)19)16-11-7(13(20)21-2)3-6(15)4-8(11)14/h3-4,9,16H,5,15H2,1-2H3. The number of rotatable bonds is 3. The maximum absolute atomic E-state index is 11.9. The van der Waals surface area contributed by atoms with Crippen LogP contribution in [0.5, 0.6) is 0 Å². The van der Waals surface area contributed by atoms with Gasteiger partial charge in [0.25, 0.3) is 5.91 Å². The maximum atomic E-state index is 11.9. The number of anilines is 2. The lowest BCUT2D eigenvalue weighted by molar-refractivity contribution is -0.136. The fourth-order valence-corrected chi connectivity index (χ4v) is 2.37. The van der Waals surface area contributed by atoms with Gasteiger partial charge in [0.05, 0.1) is 29.8 Å². The lowest BCUT2D eigenvalue weighted by Gasteiger charge is -2.17. The SMILES string of the molecule is COC(=O)c1cc(N)cc(Cl)c1NC1CC(=O)N(C)C1=O. The van der Waals surface area contributed by atoms with Gasteiger partial charge in [-0.3, -0.25) is 14.5 Å². The molecule has 3 N–H and O–H groups in total. The molecule has 7 nitrogen and oxygen atoms in total. The van der Waals surface area contributed by atoms with Gasteiger partial charge in [-0.15, -0.1) is 0 Å². The highest BCUT2D eigenvalue weighted by Crippen LogP contribution is 2.31. The number of benzene rings is 1. The largest absolute Gasteiger partial charge is 0.465 e. The van der Waals surface area contributed by atoms with Crippen molar-refractivity contribution >= 4 is 40.8 Å². The number of nitrogens with zero attached hydrogens (tertiary/aromatic N) is 1. The van der Waals surface area contributed by atoms with Gasteiger partial charge < -0.3 is 15.8 Å². The Kier molecular flexibility index (Phi) is 4.04. The molecule has 1 aromatic carbocycles. The lowest BCUT2D eigenvalue weighted by Crippen LogP contribution is -2.32. The molecule has 1 aromatic rings. The van der Waals surface area contributed by atoms with Crippen molar-refractivity contribution in [3.63, 3.8) is 0 Å². The number of halogens is 1. The van der Waals surface area contributed by atoms with Gasteiger partial charge in [-0.25, -0.2) is 4.79 Å². The van der Waals surface area contributed by atoms with Crippen molar-refractivity contribution in [1.82, 2.24) is 4.90 Å². The Hall–Kier alpha value is -2.28. The number of likely N-dealkylation sites (tertiary alicyclic amines) is 1. The van der Waals surface area contributed by atoms with E-state index in [-0.39, 0.29) is 40.2 Å². The summed E-state index contributed by atoms with van der Waals surface area (Å²) in [4.78, 5) is 36.2. The molecule has 8 heteroatoms. The summed E-state index contributed by atoms with van der Waals surface area (Å²) in [6.45, 7) is 0. The van der Waals surface area contributed by atoms with Gasteiger partial charge in [0.15, 0.2) is 0 Å². The van der Waals surface area contributed by atoms with E-state index in [1.54, 1.807) is 0 Å². The number of nitrogens with one attached hydrogen (secondary N) is 1. The van der Waals surface area contributed by atoms with Crippen molar-refractivity contribution in [3.8, 4) is 0 Å². The number of hydrogen-bond donors (Lipinski definition) is 2. The summed E-state index contributed by atoms with van der Waals surface area (Å²) in [5.74, 6) is -1.33. The van der Waals surface area contributed by atoms with Gasteiger partial charge in [0.2, 0.25) is 5.91 Å². The van der Waals surface area contributed by atoms with Crippen molar-refractivity contribution in [2.75, 3.05) is 25.2 Å². The van der Waals surface area contributed by atoms with E-state index in [1.807, 2.05) is 0 Å². The van der Waals surface area contributed by atoms with E-state index < -0.39 is 12.0 Å². The Morgan fingerprint density at radius 2 is 2.14 bits per heavy atom. The molecule has 2 rings (SSSR count). The third-order valence-corrected chi connectivity index (χ3v) is 3.52. The first-order valence-electron chi connectivity index (χ1n) is 6.09. The van der Waals surface area contributed by atoms with Crippen LogP contribution in [0, 0.1) is 0 Å². The highest BCUT2D eigenvalue weighted by Gasteiger charge is 2.37. The number of hydrogen-bond acceptors (Lipinski definition) is 6. The van der Waals surface area contributed by atoms with Gasteiger partial charge in [0, 0.05) is 12.7 Å². The molecule has 2 amide bonds. The molecule has 0 radical (unpaired) electrons. The number of carbonyl (C=O) groups is 3. The Labute approximate surface area is 126 Å². The number of amides is 2. The quantitative estimate of drug-likeness (QED) is 0.488. The van der Waals surface area contributed by atoms with Crippen molar-refractivity contribution in [2.45, 2.75) is 12.5 Å². The monoisotopic (exact) mass is 311 g/mol. The number of carbonyl (C=O) groups excluding carboxylic acids is 3. The van der Waals surface area contributed by atoms with Crippen LogP contribution in [0.1, 0.15) is 16.8 Å². The van der Waals surface area contributed by atoms with Crippen molar-refractivity contribution in [1.29, 1.82) is 0 Å². The zero-order valence-corrected chi connectivity index (χ0v) is 12.2. The number of nitrogen functional groups attached to an aromatic ring is 1. The molecular formula is C13H14ClN3O4. The minimum absolute atomic E-state index is 0.00332. The van der Waals surface area contributed by atoms with Crippen LogP contribution in [0.2, 0.25) is 5.02 Å². The van der Waals surface area contributed by atoms with Crippen LogP contribution >= 0.6 is 11.6 Å². The molecule has 1 aliphatic rings. The molecule has 1 heterocycles. The molecule has 1 saturated heterocycles. The Balaban J connectivity index is 2.38. The first kappa shape index (κ1) is 15.1. The van der Waals surface area contributed by atoms with Crippen LogP contribution in [0.4, 0.5) is 11.4 Å². The molecule has 1 fully saturated rings. The first-order chi connectivity index (χ1) is 9.85. The van der Waals surface area contributed by atoms with E-state index in [4.69, 9.17) is 17.3 Å². The third kappa shape index (κ3) is 2.78. The summed E-state index contributed by atoms with van der Waals surface area (Å²) < 4.78 is 4.67.